The Morgan fingerprint density at radius 1 is 1.39 bits per heavy atom. The number of hydrogen-bond donors (Lipinski definition) is 1. The Morgan fingerprint density at radius 3 is 3.22 bits per heavy atom. The van der Waals surface area contributed by atoms with Crippen molar-refractivity contribution in [3.05, 3.63) is 29.3 Å². The van der Waals surface area contributed by atoms with E-state index in [0.29, 0.717) is 6.04 Å². The van der Waals surface area contributed by atoms with E-state index in [0.717, 1.165) is 38.3 Å². The summed E-state index contributed by atoms with van der Waals surface area (Å²) in [6.45, 7) is 4.25. The van der Waals surface area contributed by atoms with Crippen LogP contribution in [0.5, 0.6) is 5.75 Å². The zero-order valence-electron chi connectivity index (χ0n) is 10.9. The topological polar surface area (TPSA) is 38.5 Å². The second-order valence-corrected chi connectivity index (χ2v) is 5.49. The molecule has 2 heterocycles. The molecule has 0 aromatic heterocycles. The molecular formula is C15H22N2O. The average Bonchev–Trinajstić information content (AvgIpc) is 2.84. The van der Waals surface area contributed by atoms with Crippen molar-refractivity contribution in [1.29, 1.82) is 0 Å². The van der Waals surface area contributed by atoms with Crippen LogP contribution in [0.15, 0.2) is 18.2 Å². The van der Waals surface area contributed by atoms with Crippen LogP contribution in [0.4, 0.5) is 0 Å². The van der Waals surface area contributed by atoms with Gasteiger partial charge in [-0.05, 0) is 43.0 Å². The maximum atomic E-state index is 6.01. The maximum Gasteiger partial charge on any atom is 0.122 e. The summed E-state index contributed by atoms with van der Waals surface area (Å²) in [6.07, 6.45) is 4.63. The number of benzene rings is 1. The van der Waals surface area contributed by atoms with Gasteiger partial charge in [-0.3, -0.25) is 0 Å². The van der Waals surface area contributed by atoms with E-state index in [1.54, 1.807) is 0 Å². The van der Waals surface area contributed by atoms with Gasteiger partial charge in [0, 0.05) is 25.6 Å². The summed E-state index contributed by atoms with van der Waals surface area (Å²) in [5.41, 5.74) is 8.82. The predicted molar refractivity (Wildman–Crippen MR) is 73.0 cm³/mol. The van der Waals surface area contributed by atoms with E-state index >= 15 is 0 Å². The monoisotopic (exact) mass is 246 g/mol. The van der Waals surface area contributed by atoms with E-state index < -0.39 is 0 Å². The molecule has 0 spiro atoms. The van der Waals surface area contributed by atoms with Crippen LogP contribution in [0, 0.1) is 0 Å². The minimum atomic E-state index is 0.382. The number of hydrogen-bond acceptors (Lipinski definition) is 3. The van der Waals surface area contributed by atoms with E-state index in [-0.39, 0.29) is 0 Å². The van der Waals surface area contributed by atoms with Gasteiger partial charge < -0.3 is 15.4 Å². The van der Waals surface area contributed by atoms with Gasteiger partial charge >= 0.3 is 0 Å². The normalized spacial score (nSPS) is 23.7. The minimum absolute atomic E-state index is 0.382. The number of nitrogens with zero attached hydrogens (tertiary/aromatic N) is 1. The summed E-state index contributed by atoms with van der Waals surface area (Å²) >= 11 is 0. The van der Waals surface area contributed by atoms with Crippen molar-refractivity contribution in [1.82, 2.24) is 4.90 Å². The highest BCUT2D eigenvalue weighted by molar-refractivity contribution is 5.39. The molecule has 2 aliphatic heterocycles. The lowest BCUT2D eigenvalue weighted by atomic mass is 10.0. The second-order valence-electron chi connectivity index (χ2n) is 5.49. The van der Waals surface area contributed by atoms with Gasteiger partial charge in [-0.1, -0.05) is 12.1 Å². The molecule has 1 aromatic rings. The van der Waals surface area contributed by atoms with E-state index in [9.17, 15) is 0 Å². The van der Waals surface area contributed by atoms with Gasteiger partial charge in [-0.25, -0.2) is 0 Å². The van der Waals surface area contributed by atoms with Gasteiger partial charge in [0.1, 0.15) is 5.75 Å². The second kappa shape index (κ2) is 5.29. The Bertz CT molecular complexity index is 419. The Morgan fingerprint density at radius 2 is 2.33 bits per heavy atom. The number of nitrogens with two attached hydrogens (primary N) is 1. The first kappa shape index (κ1) is 12.0. The highest BCUT2D eigenvalue weighted by Crippen LogP contribution is 2.26. The summed E-state index contributed by atoms with van der Waals surface area (Å²) in [6, 6.07) is 7.02. The largest absolute Gasteiger partial charge is 0.493 e. The van der Waals surface area contributed by atoms with E-state index in [4.69, 9.17) is 10.5 Å². The van der Waals surface area contributed by atoms with E-state index in [2.05, 4.69) is 23.1 Å². The molecule has 18 heavy (non-hydrogen) atoms. The molecule has 3 nitrogen and oxygen atoms in total. The van der Waals surface area contributed by atoms with Gasteiger partial charge in [0.2, 0.25) is 0 Å². The molecular weight excluding hydrogens is 224 g/mol. The molecule has 1 aromatic carbocycles. The van der Waals surface area contributed by atoms with Crippen molar-refractivity contribution in [2.75, 3.05) is 26.2 Å². The molecule has 2 aliphatic rings. The van der Waals surface area contributed by atoms with Crippen molar-refractivity contribution in [2.24, 2.45) is 5.73 Å². The van der Waals surface area contributed by atoms with Gasteiger partial charge in [-0.15, -0.1) is 0 Å². The molecule has 0 amide bonds. The molecule has 0 radical (unpaired) electrons. The smallest absolute Gasteiger partial charge is 0.122 e. The first-order chi connectivity index (χ1) is 8.81. The van der Waals surface area contributed by atoms with E-state index in [1.165, 1.54) is 30.5 Å². The van der Waals surface area contributed by atoms with Crippen LogP contribution in [-0.4, -0.2) is 37.2 Å². The van der Waals surface area contributed by atoms with Gasteiger partial charge in [0.25, 0.3) is 0 Å². The summed E-state index contributed by atoms with van der Waals surface area (Å²) in [4.78, 5) is 2.50. The summed E-state index contributed by atoms with van der Waals surface area (Å²) in [7, 11) is 0. The zero-order valence-corrected chi connectivity index (χ0v) is 10.9. The lowest BCUT2D eigenvalue weighted by Gasteiger charge is -2.30. The quantitative estimate of drug-likeness (QED) is 0.880. The van der Waals surface area contributed by atoms with Crippen molar-refractivity contribution in [3.63, 3.8) is 0 Å². The standard InChI is InChI=1S/C15H22N2O/c16-14-2-1-7-17(11-14)8-5-12-3-4-15-13(10-12)6-9-18-15/h3-4,10,14H,1-2,5-9,11,16H2/t14-/m1/s1. The van der Waals surface area contributed by atoms with E-state index in [1.807, 2.05) is 0 Å². The average molecular weight is 246 g/mol. The number of fused-ring (bicyclic) bond motifs is 1. The summed E-state index contributed by atoms with van der Waals surface area (Å²) in [5.74, 6) is 1.08. The molecule has 1 atom stereocenters. The van der Waals surface area contributed by atoms with Crippen LogP contribution in [-0.2, 0) is 12.8 Å². The molecule has 1 saturated heterocycles. The number of likely N-dealkylation sites (tertiary alicyclic amines) is 1. The van der Waals surface area contributed by atoms with Crippen LogP contribution in [0.2, 0.25) is 0 Å². The summed E-state index contributed by atoms with van der Waals surface area (Å²) < 4.78 is 5.54. The molecule has 3 heteroatoms. The SMILES string of the molecule is N[C@@H]1CCCN(CCc2ccc3c(c2)CCO3)C1. The predicted octanol–water partition coefficient (Wildman–Crippen LogP) is 1.59. The summed E-state index contributed by atoms with van der Waals surface area (Å²) in [5, 5.41) is 0. The minimum Gasteiger partial charge on any atom is -0.493 e. The van der Waals surface area contributed by atoms with Crippen molar-refractivity contribution in [2.45, 2.75) is 31.7 Å². The molecule has 0 saturated carbocycles. The number of rotatable bonds is 3. The highest BCUT2D eigenvalue weighted by atomic mass is 16.5. The molecule has 0 bridgehead atoms. The van der Waals surface area contributed by atoms with Crippen molar-refractivity contribution < 1.29 is 4.74 Å². The van der Waals surface area contributed by atoms with Gasteiger partial charge in [-0.2, -0.15) is 0 Å². The third-order valence-corrected chi connectivity index (χ3v) is 4.01. The number of piperidine rings is 1. The van der Waals surface area contributed by atoms with Crippen molar-refractivity contribution >= 4 is 0 Å². The maximum absolute atomic E-state index is 6.01. The Balaban J connectivity index is 1.56. The van der Waals surface area contributed by atoms with Crippen LogP contribution < -0.4 is 10.5 Å². The Kier molecular flexibility index (Phi) is 3.52. The van der Waals surface area contributed by atoms with Gasteiger partial charge in [0.05, 0.1) is 6.61 Å². The fraction of sp³-hybridized carbons (Fsp3) is 0.600. The molecule has 1 fully saturated rings. The van der Waals surface area contributed by atoms with Crippen LogP contribution in [0.25, 0.3) is 0 Å². The van der Waals surface area contributed by atoms with Crippen LogP contribution in [0.3, 0.4) is 0 Å². The Hall–Kier alpha value is -1.06. The molecule has 0 unspecified atom stereocenters. The first-order valence-corrected chi connectivity index (χ1v) is 7.04. The first-order valence-electron chi connectivity index (χ1n) is 7.04. The van der Waals surface area contributed by atoms with Crippen LogP contribution in [0.1, 0.15) is 24.0 Å². The Labute approximate surface area is 109 Å². The molecule has 2 N–H and O–H groups in total. The number of ether oxygens (including phenoxy) is 1. The fourth-order valence-electron chi connectivity index (χ4n) is 2.98. The molecule has 0 aliphatic carbocycles. The van der Waals surface area contributed by atoms with Gasteiger partial charge in [0.15, 0.2) is 0 Å². The molecule has 3 rings (SSSR count). The third kappa shape index (κ3) is 2.68. The third-order valence-electron chi connectivity index (χ3n) is 4.01. The highest BCUT2D eigenvalue weighted by Gasteiger charge is 2.17. The van der Waals surface area contributed by atoms with Crippen molar-refractivity contribution in [3.8, 4) is 5.75 Å². The lowest BCUT2D eigenvalue weighted by Crippen LogP contribution is -2.43. The fourth-order valence-corrected chi connectivity index (χ4v) is 2.98. The lowest BCUT2D eigenvalue weighted by molar-refractivity contribution is 0.211. The zero-order chi connectivity index (χ0) is 12.4. The van der Waals surface area contributed by atoms with Crippen LogP contribution >= 0.6 is 0 Å². The molecule has 98 valence electrons.